The van der Waals surface area contributed by atoms with Crippen LogP contribution in [0.3, 0.4) is 0 Å². The molecule has 2 rings (SSSR count). The number of rotatable bonds is 1. The molecule has 0 saturated carbocycles. The lowest BCUT2D eigenvalue weighted by Crippen LogP contribution is -1.74. The molecule has 0 fully saturated rings. The molecule has 0 amide bonds. The summed E-state index contributed by atoms with van der Waals surface area (Å²) in [6.45, 7) is 2.01. The molecular weight excluding hydrogens is 170 g/mol. The maximum Gasteiger partial charge on any atom is 0.240 e. The average molecular weight is 179 g/mol. The lowest BCUT2D eigenvalue weighted by molar-refractivity contribution is 0.565. The highest BCUT2D eigenvalue weighted by Crippen LogP contribution is 2.40. The molecule has 0 bridgehead atoms. The summed E-state index contributed by atoms with van der Waals surface area (Å²) < 4.78 is 0. The van der Waals surface area contributed by atoms with Crippen LogP contribution in [0.2, 0.25) is 0 Å². The first-order valence-electron chi connectivity index (χ1n) is 4.02. The summed E-state index contributed by atoms with van der Waals surface area (Å²) in [6.07, 6.45) is 5.08. The molecule has 1 aromatic rings. The van der Waals surface area contributed by atoms with Crippen molar-refractivity contribution in [2.24, 2.45) is 4.99 Å². The van der Waals surface area contributed by atoms with Gasteiger partial charge in [0.1, 0.15) is 0 Å². The first-order chi connectivity index (χ1) is 5.83. The zero-order valence-electron chi connectivity index (χ0n) is 6.89. The zero-order chi connectivity index (χ0) is 8.55. The second-order valence-electron chi connectivity index (χ2n) is 2.97. The molecular formula is C9H9NOS. The van der Waals surface area contributed by atoms with E-state index in [1.54, 1.807) is 17.4 Å². The maximum atomic E-state index is 10.1. The molecule has 1 aliphatic carbocycles. The Hall–Kier alpha value is -0.920. The van der Waals surface area contributed by atoms with Crippen LogP contribution in [0.25, 0.3) is 0 Å². The van der Waals surface area contributed by atoms with Gasteiger partial charge in [0.15, 0.2) is 0 Å². The van der Waals surface area contributed by atoms with Gasteiger partial charge >= 0.3 is 0 Å². The number of hydrogen-bond donors (Lipinski definition) is 0. The van der Waals surface area contributed by atoms with E-state index < -0.39 is 0 Å². The molecule has 0 unspecified atom stereocenters. The third-order valence-electron chi connectivity index (χ3n) is 2.22. The molecule has 0 atom stereocenters. The SMILES string of the molecule is Cc1sc2c(c1N=C=O)CCC2. The van der Waals surface area contributed by atoms with Gasteiger partial charge in [-0.25, -0.2) is 4.79 Å². The summed E-state index contributed by atoms with van der Waals surface area (Å²) >= 11 is 1.77. The van der Waals surface area contributed by atoms with Gasteiger partial charge in [0.2, 0.25) is 6.08 Å². The highest BCUT2D eigenvalue weighted by molar-refractivity contribution is 7.12. The first-order valence-corrected chi connectivity index (χ1v) is 4.83. The van der Waals surface area contributed by atoms with E-state index in [1.165, 1.54) is 16.9 Å². The Kier molecular flexibility index (Phi) is 1.83. The lowest BCUT2D eigenvalue weighted by atomic mass is 10.2. The van der Waals surface area contributed by atoms with E-state index in [0.29, 0.717) is 0 Å². The van der Waals surface area contributed by atoms with Gasteiger partial charge in [0.05, 0.1) is 5.69 Å². The largest absolute Gasteiger partial charge is 0.240 e. The minimum atomic E-state index is 0.891. The summed E-state index contributed by atoms with van der Waals surface area (Å²) in [4.78, 5) is 16.5. The van der Waals surface area contributed by atoms with Crippen molar-refractivity contribution in [3.63, 3.8) is 0 Å². The molecule has 3 heteroatoms. The minimum absolute atomic E-state index is 0.891. The van der Waals surface area contributed by atoms with Crippen molar-refractivity contribution < 1.29 is 4.79 Å². The maximum absolute atomic E-state index is 10.1. The average Bonchev–Trinajstić information content (AvgIpc) is 2.56. The Bertz CT molecular complexity index is 361. The van der Waals surface area contributed by atoms with Crippen LogP contribution in [0.15, 0.2) is 4.99 Å². The molecule has 0 spiro atoms. The standard InChI is InChI=1S/C9H9NOS/c1-6-9(10-5-11)7-3-2-4-8(7)12-6/h2-4H2,1H3. The van der Waals surface area contributed by atoms with E-state index in [2.05, 4.69) is 4.99 Å². The lowest BCUT2D eigenvalue weighted by Gasteiger charge is -1.91. The Morgan fingerprint density at radius 1 is 1.50 bits per heavy atom. The summed E-state index contributed by atoms with van der Waals surface area (Å²) in [7, 11) is 0. The molecule has 0 saturated heterocycles. The molecule has 0 aromatic carbocycles. The predicted octanol–water partition coefficient (Wildman–Crippen LogP) is 2.51. The molecule has 1 aliphatic rings. The summed E-state index contributed by atoms with van der Waals surface area (Å²) in [5.41, 5.74) is 2.18. The molecule has 12 heavy (non-hydrogen) atoms. The number of hydrogen-bond acceptors (Lipinski definition) is 3. The molecule has 0 N–H and O–H groups in total. The number of aliphatic imine (C=N–C) groups is 1. The summed E-state index contributed by atoms with van der Waals surface area (Å²) in [5.74, 6) is 0. The van der Waals surface area contributed by atoms with Gasteiger partial charge in [-0.3, -0.25) is 0 Å². The van der Waals surface area contributed by atoms with Crippen molar-refractivity contribution >= 4 is 23.1 Å². The highest BCUT2D eigenvalue weighted by Gasteiger charge is 2.19. The number of isocyanates is 1. The first kappa shape index (κ1) is 7.71. The second kappa shape index (κ2) is 2.85. The van der Waals surface area contributed by atoms with Crippen LogP contribution < -0.4 is 0 Å². The van der Waals surface area contributed by atoms with Gasteiger partial charge in [-0.05, 0) is 31.7 Å². The fourth-order valence-corrected chi connectivity index (χ4v) is 2.92. The van der Waals surface area contributed by atoms with Crippen molar-refractivity contribution in [1.82, 2.24) is 0 Å². The quantitative estimate of drug-likeness (QED) is 0.481. The summed E-state index contributed by atoms with van der Waals surface area (Å²) in [6, 6.07) is 0. The molecule has 1 aromatic heterocycles. The fraction of sp³-hybridized carbons (Fsp3) is 0.444. The van der Waals surface area contributed by atoms with E-state index in [0.717, 1.165) is 23.4 Å². The van der Waals surface area contributed by atoms with Crippen molar-refractivity contribution in [2.45, 2.75) is 26.2 Å². The molecule has 0 aliphatic heterocycles. The Labute approximate surface area is 74.9 Å². The van der Waals surface area contributed by atoms with E-state index >= 15 is 0 Å². The molecule has 1 heterocycles. The monoisotopic (exact) mass is 179 g/mol. The zero-order valence-corrected chi connectivity index (χ0v) is 7.70. The van der Waals surface area contributed by atoms with Gasteiger partial charge in [-0.1, -0.05) is 0 Å². The minimum Gasteiger partial charge on any atom is -0.211 e. The smallest absolute Gasteiger partial charge is 0.211 e. The Balaban J connectivity index is 2.58. The van der Waals surface area contributed by atoms with Crippen LogP contribution in [0.1, 0.15) is 21.7 Å². The number of nitrogens with zero attached hydrogens (tertiary/aromatic N) is 1. The number of fused-ring (bicyclic) bond motifs is 1. The third kappa shape index (κ3) is 1.02. The van der Waals surface area contributed by atoms with E-state index in [-0.39, 0.29) is 0 Å². The Morgan fingerprint density at radius 2 is 2.33 bits per heavy atom. The van der Waals surface area contributed by atoms with Crippen LogP contribution in [-0.2, 0) is 17.6 Å². The van der Waals surface area contributed by atoms with E-state index in [1.807, 2.05) is 6.92 Å². The van der Waals surface area contributed by atoms with Crippen LogP contribution in [0, 0.1) is 6.92 Å². The van der Waals surface area contributed by atoms with E-state index in [9.17, 15) is 4.79 Å². The van der Waals surface area contributed by atoms with Crippen molar-refractivity contribution in [3.8, 4) is 0 Å². The van der Waals surface area contributed by atoms with Crippen molar-refractivity contribution in [1.29, 1.82) is 0 Å². The second-order valence-corrected chi connectivity index (χ2v) is 4.27. The van der Waals surface area contributed by atoms with E-state index in [4.69, 9.17) is 0 Å². The third-order valence-corrected chi connectivity index (χ3v) is 3.42. The van der Waals surface area contributed by atoms with Gasteiger partial charge in [0, 0.05) is 9.75 Å². The topological polar surface area (TPSA) is 29.4 Å². The highest BCUT2D eigenvalue weighted by atomic mass is 32.1. The number of thiophene rings is 1. The van der Waals surface area contributed by atoms with Gasteiger partial charge in [0.25, 0.3) is 0 Å². The predicted molar refractivity (Wildman–Crippen MR) is 48.9 cm³/mol. The fourth-order valence-electron chi connectivity index (χ4n) is 1.72. The van der Waals surface area contributed by atoms with Crippen LogP contribution >= 0.6 is 11.3 Å². The molecule has 0 radical (unpaired) electrons. The normalized spacial score (nSPS) is 14.1. The Morgan fingerprint density at radius 3 is 3.08 bits per heavy atom. The number of aryl methyl sites for hydroxylation is 2. The molecule has 62 valence electrons. The van der Waals surface area contributed by atoms with Crippen molar-refractivity contribution in [2.75, 3.05) is 0 Å². The van der Waals surface area contributed by atoms with Gasteiger partial charge in [-0.2, -0.15) is 4.99 Å². The summed E-state index contributed by atoms with van der Waals surface area (Å²) in [5, 5.41) is 0. The van der Waals surface area contributed by atoms with Crippen LogP contribution in [0.5, 0.6) is 0 Å². The van der Waals surface area contributed by atoms with Crippen LogP contribution in [0.4, 0.5) is 5.69 Å². The van der Waals surface area contributed by atoms with Crippen molar-refractivity contribution in [3.05, 3.63) is 15.3 Å². The van der Waals surface area contributed by atoms with Gasteiger partial charge in [-0.15, -0.1) is 11.3 Å². The molecule has 2 nitrogen and oxygen atoms in total. The van der Waals surface area contributed by atoms with Gasteiger partial charge < -0.3 is 0 Å². The number of carbonyl (C=O) groups excluding carboxylic acids is 1. The van der Waals surface area contributed by atoms with Crippen LogP contribution in [-0.4, -0.2) is 6.08 Å².